The number of rotatable bonds is 5. The van der Waals surface area contributed by atoms with E-state index in [4.69, 9.17) is 11.6 Å². The molecule has 0 radical (unpaired) electrons. The lowest BCUT2D eigenvalue weighted by Gasteiger charge is -2.28. The van der Waals surface area contributed by atoms with Gasteiger partial charge in [0.1, 0.15) is 0 Å². The fourth-order valence-corrected chi connectivity index (χ4v) is 4.27. The largest absolute Gasteiger partial charge is 0.352 e. The van der Waals surface area contributed by atoms with Crippen LogP contribution in [-0.2, 0) is 17.8 Å². The van der Waals surface area contributed by atoms with Crippen molar-refractivity contribution in [2.75, 3.05) is 24.5 Å². The highest BCUT2D eigenvalue weighted by molar-refractivity contribution is 6.30. The van der Waals surface area contributed by atoms with Gasteiger partial charge < -0.3 is 15.5 Å². The normalized spacial score (nSPS) is 15.3. The van der Waals surface area contributed by atoms with Crippen LogP contribution in [0.1, 0.15) is 67.4 Å². The first-order valence-corrected chi connectivity index (χ1v) is 12.5. The number of anilines is 1. The average molecular weight is 470 g/mol. The Kier molecular flexibility index (Phi) is 9.76. The molecule has 0 bridgehead atoms. The van der Waals surface area contributed by atoms with Crippen molar-refractivity contribution in [3.05, 3.63) is 64.2 Å². The molecule has 5 nitrogen and oxygen atoms in total. The second kappa shape index (κ2) is 12.8. The van der Waals surface area contributed by atoms with Crippen LogP contribution in [0, 0.1) is 5.92 Å². The number of amides is 2. The second-order valence-corrected chi connectivity index (χ2v) is 9.50. The number of halogens is 1. The molecule has 0 unspecified atom stereocenters. The first-order chi connectivity index (χ1) is 16.0. The van der Waals surface area contributed by atoms with E-state index in [-0.39, 0.29) is 17.7 Å². The minimum absolute atomic E-state index is 0.0745. The van der Waals surface area contributed by atoms with Crippen molar-refractivity contribution in [1.29, 1.82) is 0 Å². The predicted octanol–water partition coefficient (Wildman–Crippen LogP) is 5.36. The van der Waals surface area contributed by atoms with Gasteiger partial charge in [-0.1, -0.05) is 56.8 Å². The van der Waals surface area contributed by atoms with Crippen LogP contribution in [0.5, 0.6) is 0 Å². The Labute approximate surface area is 202 Å². The second-order valence-electron chi connectivity index (χ2n) is 9.06. The van der Waals surface area contributed by atoms with Gasteiger partial charge in [0.2, 0.25) is 5.91 Å². The third kappa shape index (κ3) is 7.58. The molecule has 2 N–H and O–H groups in total. The van der Waals surface area contributed by atoms with Gasteiger partial charge in [0, 0.05) is 41.8 Å². The maximum absolute atomic E-state index is 13.0. The highest BCUT2D eigenvalue weighted by Gasteiger charge is 2.22. The molecule has 0 spiro atoms. The molecular formula is C27H36ClN3O2. The molecule has 1 aliphatic rings. The van der Waals surface area contributed by atoms with Crippen molar-refractivity contribution in [2.45, 2.75) is 58.9 Å². The average Bonchev–Trinajstić information content (AvgIpc) is 2.80. The van der Waals surface area contributed by atoms with Crippen LogP contribution in [0.15, 0.2) is 42.5 Å². The minimum Gasteiger partial charge on any atom is -0.352 e. The van der Waals surface area contributed by atoms with Crippen LogP contribution < -0.4 is 15.5 Å². The molecule has 0 fully saturated rings. The highest BCUT2D eigenvalue weighted by atomic mass is 35.5. The van der Waals surface area contributed by atoms with Gasteiger partial charge in [-0.2, -0.15) is 0 Å². The van der Waals surface area contributed by atoms with E-state index in [1.54, 1.807) is 0 Å². The van der Waals surface area contributed by atoms with Crippen molar-refractivity contribution in [3.63, 3.8) is 0 Å². The molecule has 2 aromatic carbocycles. The van der Waals surface area contributed by atoms with Gasteiger partial charge >= 0.3 is 0 Å². The molecule has 178 valence electrons. The van der Waals surface area contributed by atoms with E-state index in [1.165, 1.54) is 12.8 Å². The Balaban J connectivity index is 1.75. The van der Waals surface area contributed by atoms with E-state index >= 15 is 0 Å². The van der Waals surface area contributed by atoms with Crippen molar-refractivity contribution >= 4 is 29.1 Å². The zero-order valence-electron chi connectivity index (χ0n) is 19.8. The topological polar surface area (TPSA) is 61.4 Å². The Hall–Kier alpha value is -2.37. The third-order valence-corrected chi connectivity index (χ3v) is 6.31. The lowest BCUT2D eigenvalue weighted by Crippen LogP contribution is -2.36. The van der Waals surface area contributed by atoms with Crippen LogP contribution in [0.3, 0.4) is 0 Å². The number of hydrogen-bond acceptors (Lipinski definition) is 3. The molecule has 0 saturated heterocycles. The lowest BCUT2D eigenvalue weighted by molar-refractivity contribution is -0.121. The summed E-state index contributed by atoms with van der Waals surface area (Å²) in [6, 6.07) is 13.4. The number of nitrogens with zero attached hydrogens (tertiary/aromatic N) is 1. The summed E-state index contributed by atoms with van der Waals surface area (Å²) in [5.41, 5.74) is 3.66. The summed E-state index contributed by atoms with van der Waals surface area (Å²) in [5.74, 6) is -0.0392. The molecular weight excluding hydrogens is 434 g/mol. The molecule has 1 heterocycles. The van der Waals surface area contributed by atoms with Crippen molar-refractivity contribution < 1.29 is 9.59 Å². The first kappa shape index (κ1) is 25.3. The van der Waals surface area contributed by atoms with E-state index in [0.29, 0.717) is 23.7 Å². The number of carbonyl (C=O) groups excluding carboxylic acids is 2. The highest BCUT2D eigenvalue weighted by Crippen LogP contribution is 2.25. The van der Waals surface area contributed by atoms with Crippen molar-refractivity contribution in [3.8, 4) is 0 Å². The molecule has 6 heteroatoms. The summed E-state index contributed by atoms with van der Waals surface area (Å²) in [5, 5.41) is 7.23. The minimum atomic E-state index is -0.0976. The maximum Gasteiger partial charge on any atom is 0.251 e. The van der Waals surface area contributed by atoms with E-state index in [0.717, 1.165) is 55.6 Å². The van der Waals surface area contributed by atoms with Crippen LogP contribution in [0.2, 0.25) is 5.02 Å². The number of benzene rings is 2. The number of hydrogen-bond donors (Lipinski definition) is 2. The number of fused-ring (bicyclic) bond motifs is 1. The smallest absolute Gasteiger partial charge is 0.251 e. The molecule has 1 aliphatic heterocycles. The van der Waals surface area contributed by atoms with Crippen LogP contribution >= 0.6 is 11.6 Å². The quantitative estimate of drug-likeness (QED) is 0.620. The predicted molar refractivity (Wildman–Crippen MR) is 136 cm³/mol. The zero-order chi connectivity index (χ0) is 23.6. The van der Waals surface area contributed by atoms with Gasteiger partial charge in [-0.3, -0.25) is 9.59 Å². The number of carbonyl (C=O) groups is 2. The van der Waals surface area contributed by atoms with Gasteiger partial charge in [-0.15, -0.1) is 0 Å². The fraction of sp³-hybridized carbons (Fsp3) is 0.481. The van der Waals surface area contributed by atoms with Crippen LogP contribution in [0.25, 0.3) is 0 Å². The van der Waals surface area contributed by atoms with Crippen LogP contribution in [0.4, 0.5) is 5.69 Å². The van der Waals surface area contributed by atoms with Gasteiger partial charge in [0.25, 0.3) is 5.91 Å². The molecule has 0 aromatic heterocycles. The summed E-state index contributed by atoms with van der Waals surface area (Å²) in [6.45, 7) is 6.74. The molecule has 33 heavy (non-hydrogen) atoms. The van der Waals surface area contributed by atoms with E-state index < -0.39 is 0 Å². The van der Waals surface area contributed by atoms with Crippen LogP contribution in [-0.4, -0.2) is 31.4 Å². The molecule has 0 aliphatic carbocycles. The Bertz CT molecular complexity index is 927. The summed E-state index contributed by atoms with van der Waals surface area (Å²) in [6.07, 6.45) is 6.42. The van der Waals surface area contributed by atoms with Gasteiger partial charge in [0.05, 0.1) is 0 Å². The fourth-order valence-electron chi connectivity index (χ4n) is 4.14. The molecule has 2 amide bonds. The third-order valence-electron chi connectivity index (χ3n) is 6.06. The summed E-state index contributed by atoms with van der Waals surface area (Å²) < 4.78 is 0. The summed E-state index contributed by atoms with van der Waals surface area (Å²) >= 11 is 5.94. The lowest BCUT2D eigenvalue weighted by atomic mass is 10.0. The Morgan fingerprint density at radius 3 is 2.52 bits per heavy atom. The van der Waals surface area contributed by atoms with Crippen molar-refractivity contribution in [2.24, 2.45) is 5.92 Å². The Morgan fingerprint density at radius 1 is 1.03 bits per heavy atom. The van der Waals surface area contributed by atoms with Crippen molar-refractivity contribution in [1.82, 2.24) is 10.6 Å². The van der Waals surface area contributed by atoms with Gasteiger partial charge in [-0.25, -0.2) is 0 Å². The van der Waals surface area contributed by atoms with E-state index in [9.17, 15) is 9.59 Å². The summed E-state index contributed by atoms with van der Waals surface area (Å²) in [7, 11) is 0. The molecule has 2 aromatic rings. The Morgan fingerprint density at radius 2 is 1.76 bits per heavy atom. The molecule has 0 saturated carbocycles. The number of nitrogens with one attached hydrogen (secondary N) is 2. The molecule has 0 atom stereocenters. The molecule has 3 rings (SSSR count). The summed E-state index contributed by atoms with van der Waals surface area (Å²) in [4.78, 5) is 27.8. The SMILES string of the molecule is CC(C)C(=O)N1CCCCCCCNCc2cc(C(=O)NCCc3ccc(Cl)cc3)ccc21. The monoisotopic (exact) mass is 469 g/mol. The first-order valence-electron chi connectivity index (χ1n) is 12.1. The van der Waals surface area contributed by atoms with E-state index in [1.807, 2.05) is 61.2 Å². The van der Waals surface area contributed by atoms with E-state index in [2.05, 4.69) is 10.6 Å². The van der Waals surface area contributed by atoms with Gasteiger partial charge in [-0.05, 0) is 67.3 Å². The standard InChI is InChI=1S/C27H36ClN3O2/c1-20(2)27(33)31-17-7-5-3-4-6-15-29-19-23-18-22(10-13-25(23)31)26(32)30-16-14-21-8-11-24(28)12-9-21/h8-13,18,20,29H,3-7,14-17,19H2,1-2H3,(H,30,32). The maximum atomic E-state index is 13.0. The van der Waals surface area contributed by atoms with Gasteiger partial charge in [0.15, 0.2) is 0 Å². The zero-order valence-corrected chi connectivity index (χ0v) is 20.6.